The van der Waals surface area contributed by atoms with Crippen LogP contribution in [0.3, 0.4) is 0 Å². The van der Waals surface area contributed by atoms with E-state index in [1.807, 2.05) is 45.0 Å². The summed E-state index contributed by atoms with van der Waals surface area (Å²) in [6.07, 6.45) is 0. The van der Waals surface area contributed by atoms with E-state index in [-0.39, 0.29) is 4.90 Å². The summed E-state index contributed by atoms with van der Waals surface area (Å²) in [7, 11) is -3.62. The molecular formula is C17H19N3O2S. The van der Waals surface area contributed by atoms with Gasteiger partial charge in [-0.25, -0.2) is 13.4 Å². The average Bonchev–Trinajstić information content (AvgIpc) is 2.86. The van der Waals surface area contributed by atoms with Gasteiger partial charge in [-0.2, -0.15) is 0 Å². The van der Waals surface area contributed by atoms with Crippen LogP contribution in [0.4, 0.5) is 5.69 Å². The van der Waals surface area contributed by atoms with Gasteiger partial charge in [0.15, 0.2) is 0 Å². The monoisotopic (exact) mass is 329 g/mol. The standard InChI is InChI=1S/C17H19N3O2S/c1-4-20(14-7-5-6-12(2)10-14)23(21,22)15-8-9-16-17(11-15)19-13(3)18-16/h5-11H,4H2,1-3H3,(H,18,19). The molecule has 0 fully saturated rings. The van der Waals surface area contributed by atoms with Crippen molar-refractivity contribution in [2.24, 2.45) is 0 Å². The molecule has 3 aromatic rings. The highest BCUT2D eigenvalue weighted by Gasteiger charge is 2.24. The summed E-state index contributed by atoms with van der Waals surface area (Å²) in [5, 5.41) is 0. The van der Waals surface area contributed by atoms with Crippen LogP contribution in [0.2, 0.25) is 0 Å². The summed E-state index contributed by atoms with van der Waals surface area (Å²) in [5.41, 5.74) is 3.19. The molecule has 0 aliphatic carbocycles. The highest BCUT2D eigenvalue weighted by Crippen LogP contribution is 2.26. The van der Waals surface area contributed by atoms with Gasteiger partial charge in [-0.1, -0.05) is 12.1 Å². The fraction of sp³-hybridized carbons (Fsp3) is 0.235. The molecule has 0 saturated carbocycles. The van der Waals surface area contributed by atoms with Crippen LogP contribution in [0.25, 0.3) is 11.0 Å². The topological polar surface area (TPSA) is 66.1 Å². The van der Waals surface area contributed by atoms with Crippen LogP contribution in [-0.2, 0) is 10.0 Å². The minimum absolute atomic E-state index is 0.261. The van der Waals surface area contributed by atoms with E-state index in [0.717, 1.165) is 22.4 Å². The number of hydrogen-bond donors (Lipinski definition) is 1. The Labute approximate surface area is 136 Å². The summed E-state index contributed by atoms with van der Waals surface area (Å²) in [6, 6.07) is 12.5. The molecule has 5 nitrogen and oxygen atoms in total. The number of sulfonamides is 1. The number of rotatable bonds is 4. The number of fused-ring (bicyclic) bond motifs is 1. The van der Waals surface area contributed by atoms with Crippen molar-refractivity contribution in [3.63, 3.8) is 0 Å². The lowest BCUT2D eigenvalue weighted by Gasteiger charge is -2.23. The number of imidazole rings is 1. The zero-order chi connectivity index (χ0) is 16.6. The van der Waals surface area contributed by atoms with Crippen LogP contribution in [0, 0.1) is 13.8 Å². The van der Waals surface area contributed by atoms with Gasteiger partial charge in [0.2, 0.25) is 0 Å². The molecule has 0 radical (unpaired) electrons. The third-order valence-corrected chi connectivity index (χ3v) is 5.64. The second kappa shape index (κ2) is 5.70. The minimum atomic E-state index is -3.62. The molecule has 0 spiro atoms. The van der Waals surface area contributed by atoms with E-state index in [4.69, 9.17) is 0 Å². The summed E-state index contributed by atoms with van der Waals surface area (Å²) in [4.78, 5) is 7.65. The first-order valence-corrected chi connectivity index (χ1v) is 8.91. The Bertz CT molecular complexity index is 961. The Morgan fingerprint density at radius 3 is 2.61 bits per heavy atom. The first-order valence-electron chi connectivity index (χ1n) is 7.47. The first-order chi connectivity index (χ1) is 10.9. The lowest BCUT2D eigenvalue weighted by Crippen LogP contribution is -2.30. The van der Waals surface area contributed by atoms with Crippen LogP contribution in [0.5, 0.6) is 0 Å². The Balaban J connectivity index is 2.10. The SMILES string of the molecule is CCN(c1cccc(C)c1)S(=O)(=O)c1ccc2nc(C)[nH]c2c1. The number of H-pyrrole nitrogens is 1. The molecule has 23 heavy (non-hydrogen) atoms. The molecule has 1 heterocycles. The van der Waals surface area contributed by atoms with E-state index in [1.165, 1.54) is 4.31 Å². The molecule has 0 amide bonds. The molecule has 6 heteroatoms. The second-order valence-electron chi connectivity index (χ2n) is 5.51. The van der Waals surface area contributed by atoms with Gasteiger partial charge in [-0.15, -0.1) is 0 Å². The van der Waals surface area contributed by atoms with E-state index in [0.29, 0.717) is 12.2 Å². The van der Waals surface area contributed by atoms with Crippen molar-refractivity contribution in [1.29, 1.82) is 0 Å². The van der Waals surface area contributed by atoms with Crippen molar-refractivity contribution in [3.8, 4) is 0 Å². The van der Waals surface area contributed by atoms with Gasteiger partial charge in [-0.05, 0) is 56.7 Å². The van der Waals surface area contributed by atoms with Gasteiger partial charge in [-0.3, -0.25) is 4.31 Å². The zero-order valence-electron chi connectivity index (χ0n) is 13.4. The number of nitrogens with one attached hydrogen (secondary N) is 1. The third-order valence-electron chi connectivity index (χ3n) is 3.74. The van der Waals surface area contributed by atoms with Crippen molar-refractivity contribution in [2.45, 2.75) is 25.7 Å². The van der Waals surface area contributed by atoms with Crippen molar-refractivity contribution >= 4 is 26.7 Å². The predicted molar refractivity (Wildman–Crippen MR) is 92.2 cm³/mol. The fourth-order valence-electron chi connectivity index (χ4n) is 2.68. The number of benzene rings is 2. The second-order valence-corrected chi connectivity index (χ2v) is 7.37. The van der Waals surface area contributed by atoms with Gasteiger partial charge in [0.1, 0.15) is 5.82 Å². The number of aryl methyl sites for hydroxylation is 2. The van der Waals surface area contributed by atoms with Gasteiger partial charge >= 0.3 is 0 Å². The highest BCUT2D eigenvalue weighted by atomic mass is 32.2. The Morgan fingerprint density at radius 1 is 1.13 bits per heavy atom. The van der Waals surface area contributed by atoms with Crippen LogP contribution in [-0.4, -0.2) is 24.9 Å². The minimum Gasteiger partial charge on any atom is -0.342 e. The molecule has 0 unspecified atom stereocenters. The van der Waals surface area contributed by atoms with Crippen molar-refractivity contribution in [3.05, 3.63) is 53.9 Å². The largest absolute Gasteiger partial charge is 0.342 e. The molecule has 0 bridgehead atoms. The average molecular weight is 329 g/mol. The van der Waals surface area contributed by atoms with Gasteiger partial charge in [0.25, 0.3) is 10.0 Å². The predicted octanol–water partition coefficient (Wildman–Crippen LogP) is 3.39. The molecule has 0 aliphatic rings. The van der Waals surface area contributed by atoms with Crippen molar-refractivity contribution in [2.75, 3.05) is 10.8 Å². The molecule has 0 atom stereocenters. The van der Waals surface area contributed by atoms with E-state index < -0.39 is 10.0 Å². The number of aromatic nitrogens is 2. The molecule has 3 rings (SSSR count). The summed E-state index contributed by atoms with van der Waals surface area (Å²) >= 11 is 0. The number of hydrogen-bond acceptors (Lipinski definition) is 3. The number of aromatic amines is 1. The molecule has 2 aromatic carbocycles. The van der Waals surface area contributed by atoms with E-state index in [2.05, 4.69) is 9.97 Å². The summed E-state index contributed by atoms with van der Waals surface area (Å²) in [5.74, 6) is 0.764. The number of anilines is 1. The van der Waals surface area contributed by atoms with Crippen LogP contribution in [0.15, 0.2) is 47.4 Å². The quantitative estimate of drug-likeness (QED) is 0.798. The third kappa shape index (κ3) is 2.82. The maximum atomic E-state index is 13.0. The molecule has 1 N–H and O–H groups in total. The first kappa shape index (κ1) is 15.6. The molecule has 0 aliphatic heterocycles. The zero-order valence-corrected chi connectivity index (χ0v) is 14.2. The highest BCUT2D eigenvalue weighted by molar-refractivity contribution is 7.92. The summed E-state index contributed by atoms with van der Waals surface area (Å²) < 4.78 is 27.5. The molecule has 0 saturated heterocycles. The van der Waals surface area contributed by atoms with Gasteiger partial charge in [0.05, 0.1) is 21.6 Å². The maximum Gasteiger partial charge on any atom is 0.264 e. The Kier molecular flexibility index (Phi) is 3.85. The fourth-order valence-corrected chi connectivity index (χ4v) is 4.17. The van der Waals surface area contributed by atoms with Gasteiger partial charge < -0.3 is 4.98 Å². The van der Waals surface area contributed by atoms with Crippen molar-refractivity contribution in [1.82, 2.24) is 9.97 Å². The lowest BCUT2D eigenvalue weighted by atomic mass is 10.2. The summed E-state index contributed by atoms with van der Waals surface area (Å²) in [6.45, 7) is 5.99. The lowest BCUT2D eigenvalue weighted by molar-refractivity contribution is 0.592. The number of nitrogens with zero attached hydrogens (tertiary/aromatic N) is 2. The molecule has 1 aromatic heterocycles. The Morgan fingerprint density at radius 2 is 1.91 bits per heavy atom. The van der Waals surface area contributed by atoms with Crippen LogP contribution >= 0.6 is 0 Å². The smallest absolute Gasteiger partial charge is 0.264 e. The van der Waals surface area contributed by atoms with E-state index in [9.17, 15) is 8.42 Å². The van der Waals surface area contributed by atoms with Gasteiger partial charge in [0, 0.05) is 6.54 Å². The van der Waals surface area contributed by atoms with E-state index in [1.54, 1.807) is 18.2 Å². The molecular weight excluding hydrogens is 310 g/mol. The van der Waals surface area contributed by atoms with Crippen LogP contribution < -0.4 is 4.31 Å². The van der Waals surface area contributed by atoms with Crippen molar-refractivity contribution < 1.29 is 8.42 Å². The normalized spacial score (nSPS) is 11.8. The maximum absolute atomic E-state index is 13.0. The van der Waals surface area contributed by atoms with E-state index >= 15 is 0 Å². The Hall–Kier alpha value is -2.34. The van der Waals surface area contributed by atoms with Crippen LogP contribution in [0.1, 0.15) is 18.3 Å². The molecule has 120 valence electrons.